The molecule has 0 aliphatic carbocycles. The minimum Gasteiger partial charge on any atom is -0.480 e. The molecule has 0 spiro atoms. The quantitative estimate of drug-likeness (QED) is 0.140. The van der Waals surface area contributed by atoms with E-state index in [2.05, 4.69) is 10.6 Å². The zero-order valence-corrected chi connectivity index (χ0v) is 18.0. The van der Waals surface area contributed by atoms with E-state index < -0.39 is 72.4 Å². The zero-order chi connectivity index (χ0) is 24.5. The van der Waals surface area contributed by atoms with Gasteiger partial charge in [0.1, 0.15) is 18.1 Å². The number of primary amides is 1. The second-order valence-corrected chi connectivity index (χ2v) is 7.75. The number of rotatable bonds is 13. The summed E-state index contributed by atoms with van der Waals surface area (Å²) in [6, 6.07) is -5.69. The molecule has 31 heavy (non-hydrogen) atoms. The summed E-state index contributed by atoms with van der Waals surface area (Å²) in [4.78, 5) is 59.9. The summed E-state index contributed by atoms with van der Waals surface area (Å²) >= 11 is 0. The van der Waals surface area contributed by atoms with Gasteiger partial charge in [0.25, 0.3) is 0 Å². The van der Waals surface area contributed by atoms with Crippen LogP contribution in [0.25, 0.3) is 0 Å². The topological polar surface area (TPSA) is 234 Å². The van der Waals surface area contributed by atoms with Gasteiger partial charge in [0, 0.05) is 0 Å². The third-order valence-corrected chi connectivity index (χ3v) is 4.25. The van der Waals surface area contributed by atoms with E-state index in [9.17, 15) is 34.2 Å². The monoisotopic (exact) mass is 447 g/mol. The molecule has 0 aliphatic heterocycles. The van der Waals surface area contributed by atoms with Gasteiger partial charge in [-0.15, -0.1) is 0 Å². The van der Waals surface area contributed by atoms with Crippen molar-refractivity contribution in [3.8, 4) is 0 Å². The van der Waals surface area contributed by atoms with Gasteiger partial charge in [-0.2, -0.15) is 0 Å². The van der Waals surface area contributed by atoms with Crippen LogP contribution in [0.2, 0.25) is 0 Å². The van der Waals surface area contributed by atoms with Crippen LogP contribution in [0.3, 0.4) is 0 Å². The van der Waals surface area contributed by atoms with Gasteiger partial charge in [-0.25, -0.2) is 4.79 Å². The standard InChI is InChI=1S/C18H33N5O8/c1-7(2)5-10(22-17(29)13(20)8(3)24)15(27)21-11(6-12(19)26)16(28)23-14(9(4)25)18(30)31/h7-11,13-14,24-25H,5-6,20H2,1-4H3,(H2,19,26)(H,21,27)(H,22,29)(H,23,28)(H,30,31). The van der Waals surface area contributed by atoms with Crippen molar-refractivity contribution in [3.63, 3.8) is 0 Å². The maximum absolute atomic E-state index is 12.7. The SMILES string of the molecule is CC(C)CC(NC(=O)C(N)C(C)O)C(=O)NC(CC(N)=O)C(=O)NC(C(=O)O)C(C)O. The number of amides is 4. The van der Waals surface area contributed by atoms with E-state index in [0.717, 1.165) is 6.92 Å². The first kappa shape index (κ1) is 28.2. The molecule has 4 amide bonds. The Morgan fingerprint density at radius 1 is 0.806 bits per heavy atom. The molecule has 0 rings (SSSR count). The normalized spacial score (nSPS) is 16.9. The second kappa shape index (κ2) is 12.8. The van der Waals surface area contributed by atoms with Gasteiger partial charge >= 0.3 is 5.97 Å². The minimum atomic E-state index is -1.69. The summed E-state index contributed by atoms with van der Waals surface area (Å²) in [5.74, 6) is -5.25. The van der Waals surface area contributed by atoms with Crippen LogP contribution < -0.4 is 27.4 Å². The number of nitrogens with two attached hydrogens (primary N) is 2. The summed E-state index contributed by atoms with van der Waals surface area (Å²) in [6.07, 6.45) is -3.15. The van der Waals surface area contributed by atoms with E-state index in [1.165, 1.54) is 6.92 Å². The maximum Gasteiger partial charge on any atom is 0.328 e. The van der Waals surface area contributed by atoms with Crippen LogP contribution in [-0.2, 0) is 24.0 Å². The molecule has 0 saturated heterocycles. The molecular weight excluding hydrogens is 414 g/mol. The summed E-state index contributed by atoms with van der Waals surface area (Å²) < 4.78 is 0. The van der Waals surface area contributed by atoms with Crippen LogP contribution in [0, 0.1) is 5.92 Å². The fourth-order valence-corrected chi connectivity index (χ4v) is 2.52. The molecule has 0 radical (unpaired) electrons. The number of hydrogen-bond acceptors (Lipinski definition) is 8. The molecule has 6 atom stereocenters. The number of aliphatic hydroxyl groups excluding tert-OH is 2. The average Bonchev–Trinajstić information content (AvgIpc) is 2.62. The van der Waals surface area contributed by atoms with Gasteiger partial charge in [0.2, 0.25) is 23.6 Å². The Balaban J connectivity index is 5.54. The minimum absolute atomic E-state index is 0.0751. The molecule has 0 fully saturated rings. The lowest BCUT2D eigenvalue weighted by molar-refractivity contribution is -0.145. The molecule has 10 N–H and O–H groups in total. The number of hydrogen-bond donors (Lipinski definition) is 8. The van der Waals surface area contributed by atoms with Crippen molar-refractivity contribution in [2.75, 3.05) is 0 Å². The van der Waals surface area contributed by atoms with Gasteiger partial charge < -0.3 is 42.7 Å². The summed E-state index contributed by atoms with van der Waals surface area (Å²) in [6.45, 7) is 5.99. The molecule has 0 aromatic rings. The van der Waals surface area contributed by atoms with E-state index in [-0.39, 0.29) is 12.3 Å². The van der Waals surface area contributed by atoms with Crippen molar-refractivity contribution in [1.29, 1.82) is 0 Å². The first-order valence-electron chi connectivity index (χ1n) is 9.71. The first-order valence-corrected chi connectivity index (χ1v) is 9.71. The number of carboxylic acid groups (broad SMARTS) is 1. The largest absolute Gasteiger partial charge is 0.480 e. The number of carbonyl (C=O) groups is 5. The third kappa shape index (κ3) is 10.2. The highest BCUT2D eigenvalue weighted by molar-refractivity contribution is 5.96. The Hall–Kier alpha value is -2.77. The Morgan fingerprint density at radius 3 is 1.68 bits per heavy atom. The molecular formula is C18H33N5O8. The van der Waals surface area contributed by atoms with Crippen LogP contribution in [0.1, 0.15) is 40.5 Å². The number of carbonyl (C=O) groups excluding carboxylic acids is 4. The second-order valence-electron chi connectivity index (χ2n) is 7.75. The summed E-state index contributed by atoms with van der Waals surface area (Å²) in [5.41, 5.74) is 10.7. The van der Waals surface area contributed by atoms with Crippen molar-refractivity contribution in [1.82, 2.24) is 16.0 Å². The van der Waals surface area contributed by atoms with Gasteiger partial charge in [-0.3, -0.25) is 19.2 Å². The fourth-order valence-electron chi connectivity index (χ4n) is 2.52. The molecule has 6 unspecified atom stereocenters. The Kier molecular flexibility index (Phi) is 11.7. The van der Waals surface area contributed by atoms with E-state index >= 15 is 0 Å². The first-order chi connectivity index (χ1) is 14.2. The smallest absolute Gasteiger partial charge is 0.328 e. The molecule has 13 heteroatoms. The van der Waals surface area contributed by atoms with E-state index in [1.807, 2.05) is 5.32 Å². The number of carboxylic acids is 1. The average molecular weight is 447 g/mol. The van der Waals surface area contributed by atoms with E-state index in [1.54, 1.807) is 13.8 Å². The van der Waals surface area contributed by atoms with E-state index in [4.69, 9.17) is 16.6 Å². The summed E-state index contributed by atoms with van der Waals surface area (Å²) in [7, 11) is 0. The highest BCUT2D eigenvalue weighted by Gasteiger charge is 2.33. The molecule has 0 heterocycles. The Morgan fingerprint density at radius 2 is 1.29 bits per heavy atom. The lowest BCUT2D eigenvalue weighted by Crippen LogP contribution is -2.59. The van der Waals surface area contributed by atoms with Gasteiger partial charge in [-0.1, -0.05) is 13.8 Å². The van der Waals surface area contributed by atoms with Crippen LogP contribution in [0.5, 0.6) is 0 Å². The predicted molar refractivity (Wildman–Crippen MR) is 108 cm³/mol. The van der Waals surface area contributed by atoms with Crippen molar-refractivity contribution >= 4 is 29.6 Å². The fraction of sp³-hybridized carbons (Fsp3) is 0.722. The molecule has 0 aromatic heterocycles. The van der Waals surface area contributed by atoms with Crippen LogP contribution in [-0.4, -0.2) is 81.3 Å². The zero-order valence-electron chi connectivity index (χ0n) is 18.0. The van der Waals surface area contributed by atoms with Gasteiger partial charge in [0.05, 0.1) is 18.6 Å². The Labute approximate surface area is 179 Å². The van der Waals surface area contributed by atoms with Crippen molar-refractivity contribution in [3.05, 3.63) is 0 Å². The van der Waals surface area contributed by atoms with Crippen molar-refractivity contribution < 1.29 is 39.3 Å². The van der Waals surface area contributed by atoms with Crippen molar-refractivity contribution in [2.24, 2.45) is 17.4 Å². The summed E-state index contributed by atoms with van der Waals surface area (Å²) in [5, 5.41) is 34.7. The van der Waals surface area contributed by atoms with Gasteiger partial charge in [-0.05, 0) is 26.2 Å². The lowest BCUT2D eigenvalue weighted by Gasteiger charge is -2.26. The molecule has 13 nitrogen and oxygen atoms in total. The van der Waals surface area contributed by atoms with Crippen LogP contribution in [0.4, 0.5) is 0 Å². The molecule has 0 saturated carbocycles. The number of nitrogens with one attached hydrogen (secondary N) is 3. The number of aliphatic carboxylic acids is 1. The van der Waals surface area contributed by atoms with Crippen LogP contribution in [0.15, 0.2) is 0 Å². The van der Waals surface area contributed by atoms with Gasteiger partial charge in [0.15, 0.2) is 6.04 Å². The predicted octanol–water partition coefficient (Wildman–Crippen LogP) is -3.46. The number of aliphatic hydroxyl groups is 2. The third-order valence-electron chi connectivity index (χ3n) is 4.25. The van der Waals surface area contributed by atoms with Crippen molar-refractivity contribution in [2.45, 2.75) is 76.9 Å². The molecule has 0 aliphatic rings. The van der Waals surface area contributed by atoms with Crippen LogP contribution >= 0.6 is 0 Å². The van der Waals surface area contributed by atoms with E-state index in [0.29, 0.717) is 0 Å². The maximum atomic E-state index is 12.7. The molecule has 178 valence electrons. The molecule has 0 bridgehead atoms. The highest BCUT2D eigenvalue weighted by atomic mass is 16.4. The molecule has 0 aromatic carbocycles. The Bertz CT molecular complexity index is 667. The lowest BCUT2D eigenvalue weighted by atomic mass is 10.0. The highest BCUT2D eigenvalue weighted by Crippen LogP contribution is 2.07.